The molecule has 1 aliphatic heterocycles. The first kappa shape index (κ1) is 27.1. The van der Waals surface area contributed by atoms with Crippen molar-refractivity contribution in [1.29, 1.82) is 0 Å². The minimum Gasteiger partial charge on any atom is -0.503 e. The van der Waals surface area contributed by atoms with E-state index in [1.807, 2.05) is 26.0 Å². The number of hydrogen-bond donors (Lipinski definition) is 1. The van der Waals surface area contributed by atoms with Gasteiger partial charge in [0.15, 0.2) is 22.9 Å². The molecule has 0 bridgehead atoms. The third-order valence-electron chi connectivity index (χ3n) is 6.59. The van der Waals surface area contributed by atoms with Gasteiger partial charge in [-0.1, -0.05) is 35.9 Å². The molecule has 1 aliphatic rings. The second-order valence-electron chi connectivity index (χ2n) is 9.65. The van der Waals surface area contributed by atoms with Gasteiger partial charge in [-0.2, -0.15) is 0 Å². The van der Waals surface area contributed by atoms with Gasteiger partial charge < -0.3 is 28.6 Å². The number of amides is 1. The maximum absolute atomic E-state index is 13.9. The van der Waals surface area contributed by atoms with Crippen LogP contribution in [0.2, 0.25) is 5.02 Å². The second-order valence-corrected chi connectivity index (χ2v) is 10.1. The Morgan fingerprint density at radius 1 is 1.02 bits per heavy atom. The number of benzene rings is 3. The fourth-order valence-electron chi connectivity index (χ4n) is 4.85. The van der Waals surface area contributed by atoms with E-state index in [4.69, 9.17) is 30.2 Å². The van der Waals surface area contributed by atoms with Crippen molar-refractivity contribution < 1.29 is 33.3 Å². The zero-order valence-electron chi connectivity index (χ0n) is 22.4. The van der Waals surface area contributed by atoms with Crippen LogP contribution in [0.4, 0.5) is 0 Å². The molecular formula is C31H28ClNO7. The summed E-state index contributed by atoms with van der Waals surface area (Å²) in [5, 5.41) is 12.1. The number of halogens is 1. The van der Waals surface area contributed by atoms with Crippen molar-refractivity contribution >= 4 is 34.3 Å². The summed E-state index contributed by atoms with van der Waals surface area (Å²) >= 11 is 6.20. The molecule has 0 saturated carbocycles. The van der Waals surface area contributed by atoms with E-state index >= 15 is 0 Å². The molecule has 1 aromatic heterocycles. The van der Waals surface area contributed by atoms with Gasteiger partial charge in [-0.3, -0.25) is 9.59 Å². The van der Waals surface area contributed by atoms with E-state index in [1.165, 1.54) is 18.1 Å². The number of Topliss-reactive ketones (excluding diaryl/α,β-unsaturated/α-hetero) is 1. The number of aliphatic hydroxyl groups is 1. The highest BCUT2D eigenvalue weighted by atomic mass is 35.5. The lowest BCUT2D eigenvalue weighted by Crippen LogP contribution is -2.30. The molecule has 0 spiro atoms. The Kier molecular flexibility index (Phi) is 7.45. The average molecular weight is 562 g/mol. The predicted octanol–water partition coefficient (Wildman–Crippen LogP) is 6.67. The Hall–Kier alpha value is -4.43. The van der Waals surface area contributed by atoms with Gasteiger partial charge in [-0.05, 0) is 61.4 Å². The molecule has 4 aromatic rings. The number of aliphatic hydroxyl groups excluding tert-OH is 1. The van der Waals surface area contributed by atoms with Gasteiger partial charge in [0, 0.05) is 23.0 Å². The standard InChI is InChI=1S/C31H28ClNO7/c1-17(2)39-22-10-8-19(9-11-22)27-26(28(34)24-14-20-13-21(32)15-25(38-4)30(20)40-24)29(35)31(36)33(27)16-18-6-5-7-23(12-18)37-3/h5-15,17,27,35H,16H2,1-4H3. The number of ketones is 1. The minimum atomic E-state index is -0.891. The van der Waals surface area contributed by atoms with Crippen LogP contribution in [-0.2, 0) is 11.3 Å². The van der Waals surface area contributed by atoms with Gasteiger partial charge in [0.25, 0.3) is 5.91 Å². The molecule has 5 rings (SSSR count). The predicted molar refractivity (Wildman–Crippen MR) is 150 cm³/mol. The maximum Gasteiger partial charge on any atom is 0.290 e. The number of nitrogens with zero attached hydrogens (tertiary/aromatic N) is 1. The molecule has 1 N–H and O–H groups in total. The van der Waals surface area contributed by atoms with E-state index in [0.29, 0.717) is 38.8 Å². The molecule has 3 aromatic carbocycles. The smallest absolute Gasteiger partial charge is 0.290 e. The Morgan fingerprint density at radius 2 is 1.77 bits per heavy atom. The molecule has 206 valence electrons. The number of furan rings is 1. The van der Waals surface area contributed by atoms with Crippen molar-refractivity contribution in [1.82, 2.24) is 4.90 Å². The summed E-state index contributed by atoms with van der Waals surface area (Å²) in [5.74, 6) is -0.358. The average Bonchev–Trinajstić information content (AvgIpc) is 3.47. The molecule has 1 amide bonds. The van der Waals surface area contributed by atoms with Gasteiger partial charge in [0.05, 0.1) is 31.9 Å². The molecule has 1 unspecified atom stereocenters. The van der Waals surface area contributed by atoms with E-state index in [9.17, 15) is 14.7 Å². The molecule has 40 heavy (non-hydrogen) atoms. The number of rotatable bonds is 9. The fraction of sp³-hybridized carbons (Fsp3) is 0.226. The van der Waals surface area contributed by atoms with Gasteiger partial charge in [-0.15, -0.1) is 0 Å². The van der Waals surface area contributed by atoms with Crippen molar-refractivity contribution in [2.45, 2.75) is 32.5 Å². The zero-order chi connectivity index (χ0) is 28.6. The summed E-state index contributed by atoms with van der Waals surface area (Å²) in [4.78, 5) is 28.9. The highest BCUT2D eigenvalue weighted by Crippen LogP contribution is 2.42. The summed E-state index contributed by atoms with van der Waals surface area (Å²) in [6.07, 6.45) is -0.0249. The van der Waals surface area contributed by atoms with Crippen LogP contribution in [-0.4, -0.2) is 42.0 Å². The summed E-state index contributed by atoms with van der Waals surface area (Å²) in [5.41, 5.74) is 1.63. The lowest BCUT2D eigenvalue weighted by atomic mass is 9.94. The fourth-order valence-corrected chi connectivity index (χ4v) is 5.06. The van der Waals surface area contributed by atoms with E-state index in [-0.39, 0.29) is 24.0 Å². The Balaban J connectivity index is 1.59. The number of fused-ring (bicyclic) bond motifs is 1. The van der Waals surface area contributed by atoms with Crippen molar-refractivity contribution in [2.75, 3.05) is 14.2 Å². The van der Waals surface area contributed by atoms with E-state index < -0.39 is 23.5 Å². The van der Waals surface area contributed by atoms with Gasteiger partial charge >= 0.3 is 0 Å². The van der Waals surface area contributed by atoms with Crippen molar-refractivity contribution in [3.05, 3.63) is 100.0 Å². The van der Waals surface area contributed by atoms with Gasteiger partial charge in [0.2, 0.25) is 5.78 Å². The largest absolute Gasteiger partial charge is 0.503 e. The van der Waals surface area contributed by atoms with Crippen LogP contribution in [0.5, 0.6) is 17.2 Å². The molecule has 0 saturated heterocycles. The van der Waals surface area contributed by atoms with Crippen LogP contribution in [0.25, 0.3) is 11.0 Å². The Labute approximate surface area is 236 Å². The molecule has 2 heterocycles. The molecule has 0 fully saturated rings. The lowest BCUT2D eigenvalue weighted by molar-refractivity contribution is -0.130. The van der Waals surface area contributed by atoms with Crippen molar-refractivity contribution in [3.8, 4) is 17.2 Å². The number of methoxy groups -OCH3 is 2. The van der Waals surface area contributed by atoms with E-state index in [2.05, 4.69) is 0 Å². The van der Waals surface area contributed by atoms with E-state index in [0.717, 1.165) is 5.56 Å². The topological polar surface area (TPSA) is 98.4 Å². The zero-order valence-corrected chi connectivity index (χ0v) is 23.2. The van der Waals surface area contributed by atoms with Crippen LogP contribution in [0.1, 0.15) is 41.6 Å². The highest BCUT2D eigenvalue weighted by Gasteiger charge is 2.44. The third kappa shape index (κ3) is 5.10. The first-order valence-corrected chi connectivity index (χ1v) is 13.0. The monoisotopic (exact) mass is 561 g/mol. The lowest BCUT2D eigenvalue weighted by Gasteiger charge is -2.27. The SMILES string of the molecule is COc1cccc(CN2C(=O)C(O)=C(C(=O)c3cc4cc(Cl)cc(OC)c4o3)C2c2ccc(OC(C)C)cc2)c1. The van der Waals surface area contributed by atoms with Crippen molar-refractivity contribution in [3.63, 3.8) is 0 Å². The van der Waals surface area contributed by atoms with Crippen LogP contribution < -0.4 is 14.2 Å². The van der Waals surface area contributed by atoms with Crippen LogP contribution in [0.3, 0.4) is 0 Å². The Morgan fingerprint density at radius 3 is 2.45 bits per heavy atom. The first-order chi connectivity index (χ1) is 19.2. The van der Waals surface area contributed by atoms with Crippen molar-refractivity contribution in [2.24, 2.45) is 0 Å². The summed E-state index contributed by atoms with van der Waals surface area (Å²) in [6.45, 7) is 3.97. The minimum absolute atomic E-state index is 0.0249. The van der Waals surface area contributed by atoms with Crippen LogP contribution in [0, 0.1) is 0 Å². The number of carbonyl (C=O) groups excluding carboxylic acids is 2. The summed E-state index contributed by atoms with van der Waals surface area (Å²) in [7, 11) is 3.03. The second kappa shape index (κ2) is 11.0. The van der Waals surface area contributed by atoms with Crippen LogP contribution in [0.15, 0.2) is 82.5 Å². The Bertz CT molecular complexity index is 1620. The molecule has 1 atom stereocenters. The maximum atomic E-state index is 13.9. The summed E-state index contributed by atoms with van der Waals surface area (Å²) < 4.78 is 22.4. The number of hydrogen-bond acceptors (Lipinski definition) is 7. The highest BCUT2D eigenvalue weighted by molar-refractivity contribution is 6.31. The van der Waals surface area contributed by atoms with Gasteiger partial charge in [-0.25, -0.2) is 0 Å². The molecule has 9 heteroatoms. The van der Waals surface area contributed by atoms with Gasteiger partial charge in [0.1, 0.15) is 11.5 Å². The number of ether oxygens (including phenoxy) is 3. The van der Waals surface area contributed by atoms with E-state index in [1.54, 1.807) is 55.6 Å². The normalized spacial score (nSPS) is 15.3. The third-order valence-corrected chi connectivity index (χ3v) is 6.81. The molecule has 8 nitrogen and oxygen atoms in total. The van der Waals surface area contributed by atoms with Crippen LogP contribution >= 0.6 is 11.6 Å². The molecule has 0 aliphatic carbocycles. The molecule has 0 radical (unpaired) electrons. The first-order valence-electron chi connectivity index (χ1n) is 12.7. The quantitative estimate of drug-likeness (QED) is 0.228. The number of carbonyl (C=O) groups is 2. The molecular weight excluding hydrogens is 534 g/mol. The summed E-state index contributed by atoms with van der Waals surface area (Å²) in [6, 6.07) is 18.2.